The quantitative estimate of drug-likeness (QED) is 0.571. The molecule has 0 aliphatic carbocycles. The van der Waals surface area contributed by atoms with E-state index in [9.17, 15) is 14.9 Å². The van der Waals surface area contributed by atoms with Gasteiger partial charge in [-0.05, 0) is 38.0 Å². The van der Waals surface area contributed by atoms with Crippen LogP contribution in [0.4, 0.5) is 11.5 Å². The highest BCUT2D eigenvalue weighted by Gasteiger charge is 2.23. The van der Waals surface area contributed by atoms with E-state index in [0.717, 1.165) is 5.56 Å². The van der Waals surface area contributed by atoms with E-state index in [4.69, 9.17) is 0 Å². The average molecular weight is 338 g/mol. The van der Waals surface area contributed by atoms with Crippen LogP contribution in [0.3, 0.4) is 0 Å². The van der Waals surface area contributed by atoms with Gasteiger partial charge in [-0.25, -0.2) is 4.98 Å². The molecule has 2 heterocycles. The van der Waals surface area contributed by atoms with Gasteiger partial charge in [0.2, 0.25) is 5.82 Å². The summed E-state index contributed by atoms with van der Waals surface area (Å²) in [7, 11) is 0. The smallest absolute Gasteiger partial charge is 0.364 e. The molecular weight excluding hydrogens is 320 g/mol. The van der Waals surface area contributed by atoms with Gasteiger partial charge in [0.05, 0.1) is 4.92 Å². The summed E-state index contributed by atoms with van der Waals surface area (Å²) in [6, 6.07) is 11.2. The largest absolute Gasteiger partial charge is 0.376 e. The third-order valence-corrected chi connectivity index (χ3v) is 3.88. The Morgan fingerprint density at radius 2 is 1.92 bits per heavy atom. The number of hydrogen-bond acceptors (Lipinski definition) is 5. The Labute approximate surface area is 144 Å². The molecule has 1 N–H and O–H groups in total. The predicted molar refractivity (Wildman–Crippen MR) is 96.2 cm³/mol. The monoisotopic (exact) mass is 338 g/mol. The van der Waals surface area contributed by atoms with Crippen molar-refractivity contribution in [1.82, 2.24) is 9.38 Å². The van der Waals surface area contributed by atoms with E-state index in [-0.39, 0.29) is 5.82 Å². The molecule has 0 spiro atoms. The first-order chi connectivity index (χ1) is 12.0. The van der Waals surface area contributed by atoms with Crippen LogP contribution in [0.5, 0.6) is 0 Å². The number of fused-ring (bicyclic) bond motifs is 1. The van der Waals surface area contributed by atoms with Gasteiger partial charge < -0.3 is 5.32 Å². The standard InChI is InChI=1S/C18H18N4O3/c1-12-9-13(2)11-14(10-12)6-7-19-17-16(22(24)25)18(23)21-8-4-3-5-15(21)20-17/h3-5,8-11,19H,6-7H2,1-2H3. The number of rotatable bonds is 5. The second-order valence-electron chi connectivity index (χ2n) is 5.97. The van der Waals surface area contributed by atoms with Crippen LogP contribution >= 0.6 is 0 Å². The molecule has 3 rings (SSSR count). The van der Waals surface area contributed by atoms with Crippen LogP contribution in [0.1, 0.15) is 16.7 Å². The molecule has 7 nitrogen and oxygen atoms in total. The summed E-state index contributed by atoms with van der Waals surface area (Å²) in [4.78, 5) is 27.2. The number of hydrogen-bond donors (Lipinski definition) is 1. The molecule has 0 amide bonds. The van der Waals surface area contributed by atoms with Crippen LogP contribution in [0.25, 0.3) is 5.65 Å². The zero-order valence-electron chi connectivity index (χ0n) is 14.0. The minimum atomic E-state index is -0.690. The first kappa shape index (κ1) is 16.6. The maximum absolute atomic E-state index is 12.4. The number of pyridine rings is 1. The Bertz CT molecular complexity index is 991. The second-order valence-corrected chi connectivity index (χ2v) is 5.97. The maximum atomic E-state index is 12.4. The molecule has 0 saturated heterocycles. The third-order valence-electron chi connectivity index (χ3n) is 3.88. The van der Waals surface area contributed by atoms with Crippen LogP contribution in [-0.4, -0.2) is 20.9 Å². The highest BCUT2D eigenvalue weighted by Crippen LogP contribution is 2.18. The molecule has 25 heavy (non-hydrogen) atoms. The first-order valence-corrected chi connectivity index (χ1v) is 7.92. The molecule has 3 aromatic rings. The zero-order valence-corrected chi connectivity index (χ0v) is 14.0. The number of benzene rings is 1. The Kier molecular flexibility index (Phi) is 4.47. The number of nitrogens with zero attached hydrogens (tertiary/aromatic N) is 3. The van der Waals surface area contributed by atoms with E-state index in [1.54, 1.807) is 18.2 Å². The highest BCUT2D eigenvalue weighted by molar-refractivity contribution is 5.59. The Morgan fingerprint density at radius 3 is 2.60 bits per heavy atom. The van der Waals surface area contributed by atoms with Gasteiger partial charge in [0.1, 0.15) is 5.65 Å². The Hall–Kier alpha value is -3.22. The minimum Gasteiger partial charge on any atom is -0.364 e. The molecule has 1 aromatic carbocycles. The summed E-state index contributed by atoms with van der Waals surface area (Å²) >= 11 is 0. The summed E-state index contributed by atoms with van der Waals surface area (Å²) in [6.45, 7) is 4.50. The Morgan fingerprint density at radius 1 is 1.20 bits per heavy atom. The van der Waals surface area contributed by atoms with Crippen LogP contribution in [0.15, 0.2) is 47.4 Å². The van der Waals surface area contributed by atoms with Crippen LogP contribution < -0.4 is 10.9 Å². The molecule has 2 aromatic heterocycles. The van der Waals surface area contributed by atoms with Gasteiger partial charge in [-0.1, -0.05) is 35.4 Å². The average Bonchev–Trinajstić information content (AvgIpc) is 2.53. The van der Waals surface area contributed by atoms with Crippen molar-refractivity contribution in [2.75, 3.05) is 11.9 Å². The van der Waals surface area contributed by atoms with Crippen molar-refractivity contribution in [3.05, 3.63) is 79.8 Å². The Balaban J connectivity index is 1.89. The van der Waals surface area contributed by atoms with Gasteiger partial charge in [0.25, 0.3) is 0 Å². The lowest BCUT2D eigenvalue weighted by molar-refractivity contribution is -0.385. The van der Waals surface area contributed by atoms with Crippen molar-refractivity contribution in [3.8, 4) is 0 Å². The van der Waals surface area contributed by atoms with Crippen molar-refractivity contribution in [2.45, 2.75) is 20.3 Å². The molecule has 0 aliphatic rings. The van der Waals surface area contributed by atoms with Gasteiger partial charge in [-0.3, -0.25) is 19.3 Å². The molecule has 0 atom stereocenters. The molecule has 128 valence electrons. The minimum absolute atomic E-state index is 0.00516. The molecule has 0 radical (unpaired) electrons. The lowest BCUT2D eigenvalue weighted by Gasteiger charge is -2.09. The first-order valence-electron chi connectivity index (χ1n) is 7.92. The van der Waals surface area contributed by atoms with Crippen LogP contribution in [-0.2, 0) is 6.42 Å². The number of aryl methyl sites for hydroxylation is 2. The molecule has 7 heteroatoms. The fourth-order valence-corrected chi connectivity index (χ4v) is 2.91. The molecular formula is C18H18N4O3. The van der Waals surface area contributed by atoms with Gasteiger partial charge >= 0.3 is 11.2 Å². The fraction of sp³-hybridized carbons (Fsp3) is 0.222. The van der Waals surface area contributed by atoms with E-state index in [2.05, 4.69) is 28.5 Å². The summed E-state index contributed by atoms with van der Waals surface area (Å²) in [5.41, 5.74) is 2.61. The van der Waals surface area contributed by atoms with Gasteiger partial charge in [0.15, 0.2) is 0 Å². The van der Waals surface area contributed by atoms with E-state index >= 15 is 0 Å². The fourth-order valence-electron chi connectivity index (χ4n) is 2.91. The second kappa shape index (κ2) is 6.72. The summed E-state index contributed by atoms with van der Waals surface area (Å²) in [6.07, 6.45) is 2.15. The summed E-state index contributed by atoms with van der Waals surface area (Å²) in [5.74, 6) is 0.00516. The van der Waals surface area contributed by atoms with Gasteiger partial charge in [0, 0.05) is 12.7 Å². The van der Waals surface area contributed by atoms with Crippen molar-refractivity contribution < 1.29 is 4.92 Å². The topological polar surface area (TPSA) is 89.5 Å². The molecule has 0 bridgehead atoms. The number of nitrogens with one attached hydrogen (secondary N) is 1. The molecule has 0 saturated carbocycles. The molecule has 0 aliphatic heterocycles. The summed E-state index contributed by atoms with van der Waals surface area (Å²) in [5, 5.41) is 14.3. The van der Waals surface area contributed by atoms with Gasteiger partial charge in [-0.2, -0.15) is 0 Å². The van der Waals surface area contributed by atoms with Crippen LogP contribution in [0.2, 0.25) is 0 Å². The number of anilines is 1. The van der Waals surface area contributed by atoms with Crippen LogP contribution in [0, 0.1) is 24.0 Å². The van der Waals surface area contributed by atoms with Crippen molar-refractivity contribution >= 4 is 17.2 Å². The molecule has 0 unspecified atom stereocenters. The number of nitro groups is 1. The van der Waals surface area contributed by atoms with Crippen molar-refractivity contribution in [2.24, 2.45) is 0 Å². The lowest BCUT2D eigenvalue weighted by atomic mass is 10.1. The van der Waals surface area contributed by atoms with E-state index in [1.165, 1.54) is 21.7 Å². The third kappa shape index (κ3) is 3.50. The maximum Gasteiger partial charge on any atom is 0.376 e. The predicted octanol–water partition coefficient (Wildman–Crippen LogP) is 2.87. The molecule has 0 fully saturated rings. The van der Waals surface area contributed by atoms with Crippen molar-refractivity contribution in [1.29, 1.82) is 0 Å². The summed E-state index contributed by atoms with van der Waals surface area (Å²) < 4.78 is 1.17. The normalized spacial score (nSPS) is 10.8. The van der Waals surface area contributed by atoms with E-state index in [1.807, 2.05) is 13.8 Å². The van der Waals surface area contributed by atoms with E-state index < -0.39 is 16.2 Å². The lowest BCUT2D eigenvalue weighted by Crippen LogP contribution is -2.21. The van der Waals surface area contributed by atoms with E-state index in [0.29, 0.717) is 18.6 Å². The SMILES string of the molecule is Cc1cc(C)cc(CCNc2nc3ccccn3c(=O)c2[N+](=O)[O-])c1. The highest BCUT2D eigenvalue weighted by atomic mass is 16.6. The van der Waals surface area contributed by atoms with Gasteiger partial charge in [-0.15, -0.1) is 0 Å². The zero-order chi connectivity index (χ0) is 18.0. The number of aromatic nitrogens is 2. The van der Waals surface area contributed by atoms with Crippen molar-refractivity contribution in [3.63, 3.8) is 0 Å².